The van der Waals surface area contributed by atoms with Crippen LogP contribution in [0.25, 0.3) is 0 Å². The van der Waals surface area contributed by atoms with Gasteiger partial charge in [0.1, 0.15) is 0 Å². The van der Waals surface area contributed by atoms with Crippen molar-refractivity contribution in [1.29, 1.82) is 0 Å². The molecule has 0 heterocycles. The molecule has 0 bridgehead atoms. The predicted octanol–water partition coefficient (Wildman–Crippen LogP) is 2.40. The Balaban J connectivity index is 2.59. The quantitative estimate of drug-likeness (QED) is 0.641. The lowest BCUT2D eigenvalue weighted by atomic mass is 10.1. The monoisotopic (exact) mass is 233 g/mol. The van der Waals surface area contributed by atoms with Crippen LogP contribution in [-0.2, 0) is 6.54 Å². The van der Waals surface area contributed by atoms with E-state index >= 15 is 0 Å². The Morgan fingerprint density at radius 2 is 2.12 bits per heavy atom. The number of nitrogens with zero attached hydrogens (tertiary/aromatic N) is 2. The molecule has 0 aliphatic carbocycles. The van der Waals surface area contributed by atoms with Crippen LogP contribution in [0.4, 0.5) is 0 Å². The van der Waals surface area contributed by atoms with Crippen molar-refractivity contribution in [2.45, 2.75) is 27.3 Å². The van der Waals surface area contributed by atoms with E-state index in [-0.39, 0.29) is 0 Å². The molecule has 1 rings (SSSR count). The third-order valence-corrected chi connectivity index (χ3v) is 2.51. The van der Waals surface area contributed by atoms with Crippen LogP contribution in [0.2, 0.25) is 0 Å². The van der Waals surface area contributed by atoms with E-state index in [4.69, 9.17) is 5.73 Å². The first-order valence-corrected chi connectivity index (χ1v) is 6.05. The summed E-state index contributed by atoms with van der Waals surface area (Å²) in [7, 11) is 1.97. The normalized spacial score (nSPS) is 11.9. The molecule has 0 aliphatic heterocycles. The minimum absolute atomic E-state index is 0.543. The topological polar surface area (TPSA) is 41.6 Å². The lowest BCUT2D eigenvalue weighted by molar-refractivity contribution is 0.489. The van der Waals surface area contributed by atoms with Gasteiger partial charge in [-0.15, -0.1) is 0 Å². The molecule has 2 N–H and O–H groups in total. The van der Waals surface area contributed by atoms with Gasteiger partial charge < -0.3 is 10.6 Å². The number of aryl methyl sites for hydroxylation is 1. The zero-order valence-electron chi connectivity index (χ0n) is 11.3. The van der Waals surface area contributed by atoms with Gasteiger partial charge in [0.2, 0.25) is 0 Å². The largest absolute Gasteiger partial charge is 0.370 e. The maximum absolute atomic E-state index is 5.93. The minimum atomic E-state index is 0.543. The summed E-state index contributed by atoms with van der Waals surface area (Å²) < 4.78 is 0. The zero-order chi connectivity index (χ0) is 12.8. The number of hydrogen-bond acceptors (Lipinski definition) is 1. The van der Waals surface area contributed by atoms with Crippen LogP contribution in [0.1, 0.15) is 25.0 Å². The van der Waals surface area contributed by atoms with Gasteiger partial charge in [-0.05, 0) is 18.4 Å². The molecule has 0 unspecified atom stereocenters. The third kappa shape index (κ3) is 4.89. The summed E-state index contributed by atoms with van der Waals surface area (Å²) in [4.78, 5) is 6.35. The number of rotatable bonds is 4. The summed E-state index contributed by atoms with van der Waals surface area (Å²) in [5.41, 5.74) is 8.46. The Kier molecular flexibility index (Phi) is 5.01. The average molecular weight is 233 g/mol. The van der Waals surface area contributed by atoms with Crippen molar-refractivity contribution in [2.24, 2.45) is 16.6 Å². The van der Waals surface area contributed by atoms with Crippen molar-refractivity contribution in [3.8, 4) is 0 Å². The highest BCUT2D eigenvalue weighted by molar-refractivity contribution is 5.77. The SMILES string of the molecule is Cc1cccc(CN(C)C(N)=NCC(C)C)c1. The van der Waals surface area contributed by atoms with Gasteiger partial charge in [0.25, 0.3) is 0 Å². The van der Waals surface area contributed by atoms with E-state index in [0.717, 1.165) is 13.1 Å². The lowest BCUT2D eigenvalue weighted by Crippen LogP contribution is -2.33. The predicted molar refractivity (Wildman–Crippen MR) is 74.0 cm³/mol. The molecule has 94 valence electrons. The summed E-state index contributed by atoms with van der Waals surface area (Å²) in [6, 6.07) is 8.45. The highest BCUT2D eigenvalue weighted by Gasteiger charge is 2.03. The number of guanidine groups is 1. The van der Waals surface area contributed by atoms with Gasteiger partial charge in [-0.2, -0.15) is 0 Å². The van der Waals surface area contributed by atoms with Gasteiger partial charge in [0.05, 0.1) is 0 Å². The Labute approximate surface area is 104 Å². The molecule has 0 saturated heterocycles. The smallest absolute Gasteiger partial charge is 0.191 e. The van der Waals surface area contributed by atoms with E-state index in [1.165, 1.54) is 11.1 Å². The standard InChI is InChI=1S/C14H23N3/c1-11(2)9-16-14(15)17(4)10-13-7-5-6-12(3)8-13/h5-8,11H,9-10H2,1-4H3,(H2,15,16). The first-order chi connectivity index (χ1) is 7.99. The maximum Gasteiger partial charge on any atom is 0.191 e. The van der Waals surface area contributed by atoms with Crippen LogP contribution in [0.5, 0.6) is 0 Å². The highest BCUT2D eigenvalue weighted by Crippen LogP contribution is 2.06. The van der Waals surface area contributed by atoms with E-state index in [2.05, 4.69) is 50.0 Å². The molecule has 0 aliphatic rings. The molecule has 17 heavy (non-hydrogen) atoms. The summed E-state index contributed by atoms with van der Waals surface area (Å²) >= 11 is 0. The van der Waals surface area contributed by atoms with Crippen molar-refractivity contribution in [2.75, 3.05) is 13.6 Å². The van der Waals surface area contributed by atoms with Crippen molar-refractivity contribution in [3.05, 3.63) is 35.4 Å². The summed E-state index contributed by atoms with van der Waals surface area (Å²) in [6.45, 7) is 7.95. The second-order valence-corrected chi connectivity index (χ2v) is 4.94. The molecule has 3 nitrogen and oxygen atoms in total. The van der Waals surface area contributed by atoms with Gasteiger partial charge in [-0.3, -0.25) is 4.99 Å². The minimum Gasteiger partial charge on any atom is -0.370 e. The molecule has 0 amide bonds. The number of nitrogens with two attached hydrogens (primary N) is 1. The first kappa shape index (κ1) is 13.6. The molecule has 1 aromatic rings. The molecule has 0 radical (unpaired) electrons. The van der Waals surface area contributed by atoms with Gasteiger partial charge in [-0.1, -0.05) is 43.7 Å². The summed E-state index contributed by atoms with van der Waals surface area (Å²) in [5.74, 6) is 1.15. The van der Waals surface area contributed by atoms with E-state index in [1.807, 2.05) is 11.9 Å². The molecule has 0 atom stereocenters. The molecule has 0 aromatic heterocycles. The number of hydrogen-bond donors (Lipinski definition) is 1. The van der Waals surface area contributed by atoms with E-state index in [0.29, 0.717) is 11.9 Å². The van der Waals surface area contributed by atoms with Gasteiger partial charge in [-0.25, -0.2) is 0 Å². The maximum atomic E-state index is 5.93. The Morgan fingerprint density at radius 1 is 1.41 bits per heavy atom. The number of benzene rings is 1. The zero-order valence-corrected chi connectivity index (χ0v) is 11.3. The summed E-state index contributed by atoms with van der Waals surface area (Å²) in [5, 5.41) is 0. The summed E-state index contributed by atoms with van der Waals surface area (Å²) in [6.07, 6.45) is 0. The molecule has 0 saturated carbocycles. The van der Waals surface area contributed by atoms with Crippen LogP contribution >= 0.6 is 0 Å². The lowest BCUT2D eigenvalue weighted by Gasteiger charge is -2.18. The van der Waals surface area contributed by atoms with Crippen LogP contribution in [0.15, 0.2) is 29.3 Å². The van der Waals surface area contributed by atoms with E-state index in [9.17, 15) is 0 Å². The number of aliphatic imine (C=N–C) groups is 1. The van der Waals surface area contributed by atoms with E-state index in [1.54, 1.807) is 0 Å². The Hall–Kier alpha value is -1.51. The van der Waals surface area contributed by atoms with Crippen LogP contribution < -0.4 is 5.73 Å². The van der Waals surface area contributed by atoms with Crippen molar-refractivity contribution >= 4 is 5.96 Å². The Morgan fingerprint density at radius 3 is 2.71 bits per heavy atom. The first-order valence-electron chi connectivity index (χ1n) is 6.05. The second kappa shape index (κ2) is 6.28. The molecular weight excluding hydrogens is 210 g/mol. The van der Waals surface area contributed by atoms with Gasteiger partial charge in [0.15, 0.2) is 5.96 Å². The fourth-order valence-electron chi connectivity index (χ4n) is 1.56. The highest BCUT2D eigenvalue weighted by atomic mass is 15.2. The molecule has 0 fully saturated rings. The van der Waals surface area contributed by atoms with Crippen molar-refractivity contribution < 1.29 is 0 Å². The molecule has 0 spiro atoms. The van der Waals surface area contributed by atoms with Crippen LogP contribution in [0.3, 0.4) is 0 Å². The Bertz CT molecular complexity index is 383. The molecular formula is C14H23N3. The second-order valence-electron chi connectivity index (χ2n) is 4.94. The van der Waals surface area contributed by atoms with E-state index < -0.39 is 0 Å². The van der Waals surface area contributed by atoms with Crippen molar-refractivity contribution in [1.82, 2.24) is 4.90 Å². The van der Waals surface area contributed by atoms with Crippen molar-refractivity contribution in [3.63, 3.8) is 0 Å². The fourth-order valence-corrected chi connectivity index (χ4v) is 1.56. The van der Waals surface area contributed by atoms with Crippen LogP contribution in [-0.4, -0.2) is 24.5 Å². The average Bonchev–Trinajstić information content (AvgIpc) is 2.25. The fraction of sp³-hybridized carbons (Fsp3) is 0.500. The van der Waals surface area contributed by atoms with Crippen LogP contribution in [0, 0.1) is 12.8 Å². The third-order valence-electron chi connectivity index (χ3n) is 2.51. The van der Waals surface area contributed by atoms with Gasteiger partial charge >= 0.3 is 0 Å². The molecule has 3 heteroatoms. The van der Waals surface area contributed by atoms with Gasteiger partial charge in [0, 0.05) is 20.1 Å². The molecule has 1 aromatic carbocycles.